The van der Waals surface area contributed by atoms with E-state index in [2.05, 4.69) is 0 Å². The van der Waals surface area contributed by atoms with Crippen molar-refractivity contribution >= 4 is 23.4 Å². The van der Waals surface area contributed by atoms with Gasteiger partial charge in [-0.3, -0.25) is 9.59 Å². The van der Waals surface area contributed by atoms with Gasteiger partial charge in [-0.05, 0) is 13.8 Å². The summed E-state index contributed by atoms with van der Waals surface area (Å²) < 4.78 is 10.1. The smallest absolute Gasteiger partial charge is 0.248 e. The van der Waals surface area contributed by atoms with E-state index in [1.54, 1.807) is 16.9 Å². The van der Waals surface area contributed by atoms with E-state index >= 15 is 0 Å². The predicted octanol–water partition coefficient (Wildman–Crippen LogP) is 0.585. The Hall–Kier alpha value is -0.850. The van der Waals surface area contributed by atoms with E-state index in [0.29, 0.717) is 39.4 Å². The summed E-state index contributed by atoms with van der Waals surface area (Å²) in [7, 11) is 1.59. The molecule has 1 rings (SSSR count). The number of methoxy groups -OCH3 is 1. The normalized spacial score (nSPS) is 16.2. The number of halogens is 1. The molecule has 0 unspecified atom stereocenters. The van der Waals surface area contributed by atoms with Gasteiger partial charge in [-0.15, -0.1) is 11.6 Å². The molecule has 0 spiro atoms. The van der Waals surface area contributed by atoms with Gasteiger partial charge in [-0.2, -0.15) is 0 Å². The average Bonchev–Trinajstić information content (AvgIpc) is 2.50. The number of ether oxygens (including phenoxy) is 2. The molecule has 7 heteroatoms. The first kappa shape index (κ1) is 18.2. The van der Waals surface area contributed by atoms with Gasteiger partial charge in [-0.1, -0.05) is 0 Å². The van der Waals surface area contributed by atoms with Crippen LogP contribution in [0.1, 0.15) is 13.8 Å². The highest BCUT2D eigenvalue weighted by Gasteiger charge is 2.33. The van der Waals surface area contributed by atoms with Crippen molar-refractivity contribution in [3.05, 3.63) is 0 Å². The van der Waals surface area contributed by atoms with Crippen molar-refractivity contribution in [1.29, 1.82) is 0 Å². The summed E-state index contributed by atoms with van der Waals surface area (Å²) in [6.45, 7) is 6.78. The average molecular weight is 321 g/mol. The summed E-state index contributed by atoms with van der Waals surface area (Å²) in [5, 5.41) is 0. The summed E-state index contributed by atoms with van der Waals surface area (Å²) in [5.74, 6) is 0.286. The van der Waals surface area contributed by atoms with Gasteiger partial charge in [0.15, 0.2) is 0 Å². The topological polar surface area (TPSA) is 59.1 Å². The molecule has 1 aliphatic heterocycles. The molecule has 122 valence electrons. The first-order valence-electron chi connectivity index (χ1n) is 7.12. The van der Waals surface area contributed by atoms with Crippen molar-refractivity contribution in [1.82, 2.24) is 9.80 Å². The lowest BCUT2D eigenvalue weighted by atomic mass is 9.94. The van der Waals surface area contributed by atoms with Crippen LogP contribution >= 0.6 is 11.6 Å². The molecule has 0 bridgehead atoms. The van der Waals surface area contributed by atoms with Crippen LogP contribution in [0.4, 0.5) is 0 Å². The molecule has 21 heavy (non-hydrogen) atoms. The molecule has 1 heterocycles. The summed E-state index contributed by atoms with van der Waals surface area (Å²) in [5.41, 5.74) is -0.559. The van der Waals surface area contributed by atoms with E-state index in [4.69, 9.17) is 21.1 Å². The van der Waals surface area contributed by atoms with Crippen LogP contribution in [-0.2, 0) is 19.1 Å². The number of hydrogen-bond acceptors (Lipinski definition) is 4. The van der Waals surface area contributed by atoms with Crippen LogP contribution in [-0.4, -0.2) is 80.6 Å². The molecule has 0 aromatic rings. The Bertz CT molecular complexity index is 355. The lowest BCUT2D eigenvalue weighted by Gasteiger charge is -2.38. The summed E-state index contributed by atoms with van der Waals surface area (Å²) in [6, 6.07) is 0. The largest absolute Gasteiger partial charge is 0.382 e. The van der Waals surface area contributed by atoms with Crippen molar-refractivity contribution in [3.8, 4) is 0 Å². The monoisotopic (exact) mass is 320 g/mol. The minimum absolute atomic E-state index is 0.0425. The summed E-state index contributed by atoms with van der Waals surface area (Å²) in [6.07, 6.45) is 0. The molecule has 0 N–H and O–H groups in total. The highest BCUT2D eigenvalue weighted by atomic mass is 35.5. The molecule has 2 amide bonds. The van der Waals surface area contributed by atoms with Crippen LogP contribution in [0, 0.1) is 5.41 Å². The lowest BCUT2D eigenvalue weighted by molar-refractivity contribution is -0.146. The third-order valence-electron chi connectivity index (χ3n) is 3.49. The maximum absolute atomic E-state index is 12.3. The van der Waals surface area contributed by atoms with Gasteiger partial charge < -0.3 is 19.3 Å². The first-order valence-corrected chi connectivity index (χ1v) is 7.65. The van der Waals surface area contributed by atoms with Gasteiger partial charge in [-0.25, -0.2) is 0 Å². The molecule has 0 saturated carbocycles. The fraction of sp³-hybridized carbons (Fsp3) is 0.857. The summed E-state index contributed by atoms with van der Waals surface area (Å²) in [4.78, 5) is 27.7. The van der Waals surface area contributed by atoms with Crippen molar-refractivity contribution in [3.63, 3.8) is 0 Å². The lowest BCUT2D eigenvalue weighted by Crippen LogP contribution is -2.54. The van der Waals surface area contributed by atoms with Crippen LogP contribution in [0.15, 0.2) is 0 Å². The zero-order valence-corrected chi connectivity index (χ0v) is 13.8. The Labute approximate surface area is 131 Å². The number of nitrogens with zero attached hydrogens (tertiary/aromatic N) is 2. The molecule has 0 radical (unpaired) electrons. The van der Waals surface area contributed by atoms with Crippen LogP contribution in [0.25, 0.3) is 0 Å². The highest BCUT2D eigenvalue weighted by molar-refractivity contribution is 6.19. The molecule has 0 atom stereocenters. The molecule has 1 saturated heterocycles. The van der Waals surface area contributed by atoms with Gasteiger partial charge in [0.2, 0.25) is 11.8 Å². The third kappa shape index (κ3) is 5.45. The molecule has 0 aliphatic carbocycles. The van der Waals surface area contributed by atoms with Crippen molar-refractivity contribution in [2.45, 2.75) is 13.8 Å². The molecule has 0 aromatic carbocycles. The number of rotatable bonds is 7. The van der Waals surface area contributed by atoms with Crippen molar-refractivity contribution in [2.75, 3.05) is 59.0 Å². The first-order chi connectivity index (χ1) is 9.92. The van der Waals surface area contributed by atoms with Gasteiger partial charge >= 0.3 is 0 Å². The van der Waals surface area contributed by atoms with E-state index in [9.17, 15) is 9.59 Å². The van der Waals surface area contributed by atoms with Gasteiger partial charge in [0, 0.05) is 39.2 Å². The Morgan fingerprint density at radius 2 is 1.67 bits per heavy atom. The van der Waals surface area contributed by atoms with E-state index in [1.807, 2.05) is 13.8 Å². The molecular formula is C14H25ClN2O4. The molecule has 6 nitrogen and oxygen atoms in total. The van der Waals surface area contributed by atoms with E-state index in [-0.39, 0.29) is 24.3 Å². The van der Waals surface area contributed by atoms with Gasteiger partial charge in [0.1, 0.15) is 6.61 Å². The second-order valence-electron chi connectivity index (χ2n) is 5.74. The van der Waals surface area contributed by atoms with Crippen LogP contribution < -0.4 is 0 Å². The Balaban J connectivity index is 2.35. The molecule has 1 fully saturated rings. The van der Waals surface area contributed by atoms with Crippen LogP contribution in [0.2, 0.25) is 0 Å². The molecule has 0 aromatic heterocycles. The van der Waals surface area contributed by atoms with Crippen molar-refractivity contribution < 1.29 is 19.1 Å². The number of piperazine rings is 1. The highest BCUT2D eigenvalue weighted by Crippen LogP contribution is 2.21. The number of carbonyl (C=O) groups is 2. The standard InChI is InChI=1S/C14H25ClN2O4/c1-14(2,11-15)13(19)17-6-4-16(5-7-17)12(18)10-21-9-8-20-3/h4-11H2,1-3H3. The van der Waals surface area contributed by atoms with Crippen molar-refractivity contribution in [2.24, 2.45) is 5.41 Å². The maximum Gasteiger partial charge on any atom is 0.248 e. The molecular weight excluding hydrogens is 296 g/mol. The fourth-order valence-electron chi connectivity index (χ4n) is 2.04. The van der Waals surface area contributed by atoms with Crippen LogP contribution in [0.5, 0.6) is 0 Å². The molecule has 1 aliphatic rings. The summed E-state index contributed by atoms with van der Waals surface area (Å²) >= 11 is 5.83. The maximum atomic E-state index is 12.3. The fourth-order valence-corrected chi connectivity index (χ4v) is 2.15. The van der Waals surface area contributed by atoms with Crippen LogP contribution in [0.3, 0.4) is 0 Å². The third-order valence-corrected chi connectivity index (χ3v) is 4.16. The number of carbonyl (C=O) groups excluding carboxylic acids is 2. The zero-order chi connectivity index (χ0) is 15.9. The Morgan fingerprint density at radius 1 is 1.10 bits per heavy atom. The second kappa shape index (κ2) is 8.56. The van der Waals surface area contributed by atoms with E-state index < -0.39 is 5.41 Å². The van der Waals surface area contributed by atoms with Gasteiger partial charge in [0.25, 0.3) is 0 Å². The Kier molecular flexibility index (Phi) is 7.42. The minimum atomic E-state index is -0.559. The Morgan fingerprint density at radius 3 is 2.19 bits per heavy atom. The number of hydrogen-bond donors (Lipinski definition) is 0. The number of amides is 2. The number of alkyl halides is 1. The van der Waals surface area contributed by atoms with E-state index in [0.717, 1.165) is 0 Å². The SMILES string of the molecule is COCCOCC(=O)N1CCN(C(=O)C(C)(C)CCl)CC1. The van der Waals surface area contributed by atoms with Gasteiger partial charge in [0.05, 0.1) is 18.6 Å². The quantitative estimate of drug-likeness (QED) is 0.509. The van der Waals surface area contributed by atoms with E-state index in [1.165, 1.54) is 0 Å². The predicted molar refractivity (Wildman–Crippen MR) is 80.4 cm³/mol. The second-order valence-corrected chi connectivity index (χ2v) is 6.00. The minimum Gasteiger partial charge on any atom is -0.382 e. The zero-order valence-electron chi connectivity index (χ0n) is 13.1.